The molecule has 0 saturated heterocycles. The Morgan fingerprint density at radius 1 is 0.944 bits per heavy atom. The van der Waals surface area contributed by atoms with E-state index in [9.17, 15) is 0 Å². The molecule has 0 heterocycles. The second kappa shape index (κ2) is 4.95. The second-order valence-electron chi connectivity index (χ2n) is 5.39. The van der Waals surface area contributed by atoms with E-state index in [0.29, 0.717) is 0 Å². The van der Waals surface area contributed by atoms with Crippen LogP contribution < -0.4 is 5.73 Å². The van der Waals surface area contributed by atoms with Crippen molar-refractivity contribution in [2.45, 2.75) is 32.7 Å². The van der Waals surface area contributed by atoms with Gasteiger partial charge in [0.2, 0.25) is 0 Å². The van der Waals surface area contributed by atoms with Gasteiger partial charge in [0, 0.05) is 5.54 Å². The van der Waals surface area contributed by atoms with E-state index in [0.717, 1.165) is 6.42 Å². The molecule has 94 valence electrons. The summed E-state index contributed by atoms with van der Waals surface area (Å²) in [7, 11) is 0. The van der Waals surface area contributed by atoms with Crippen molar-refractivity contribution in [1.82, 2.24) is 0 Å². The molecule has 2 rings (SSSR count). The lowest BCUT2D eigenvalue weighted by Crippen LogP contribution is -2.35. The van der Waals surface area contributed by atoms with E-state index in [1.807, 2.05) is 0 Å². The number of hydrogen-bond donors (Lipinski definition) is 1. The molecule has 2 N–H and O–H groups in total. The average Bonchev–Trinajstić information content (AvgIpc) is 2.32. The van der Waals surface area contributed by atoms with Crippen molar-refractivity contribution in [3.05, 3.63) is 70.8 Å². The predicted octanol–water partition coefficient (Wildman–Crippen LogP) is 3.72. The van der Waals surface area contributed by atoms with Crippen molar-refractivity contribution in [2.24, 2.45) is 5.73 Å². The first kappa shape index (κ1) is 12.8. The number of aryl methyl sites for hydroxylation is 2. The Morgan fingerprint density at radius 3 is 2.17 bits per heavy atom. The van der Waals surface area contributed by atoms with Gasteiger partial charge in [-0.25, -0.2) is 0 Å². The number of nitrogens with two attached hydrogens (primary N) is 1. The molecule has 18 heavy (non-hydrogen) atoms. The summed E-state index contributed by atoms with van der Waals surface area (Å²) in [5.41, 5.74) is 11.3. The number of hydrogen-bond acceptors (Lipinski definition) is 1. The van der Waals surface area contributed by atoms with Crippen molar-refractivity contribution in [2.75, 3.05) is 0 Å². The monoisotopic (exact) mass is 239 g/mol. The minimum Gasteiger partial charge on any atom is -0.321 e. The Bertz CT molecular complexity index is 524. The molecule has 0 fully saturated rings. The van der Waals surface area contributed by atoms with Crippen molar-refractivity contribution >= 4 is 0 Å². The Kier molecular flexibility index (Phi) is 3.53. The fourth-order valence-corrected chi connectivity index (χ4v) is 2.24. The lowest BCUT2D eigenvalue weighted by molar-refractivity contribution is 0.490. The Hall–Kier alpha value is -1.60. The van der Waals surface area contributed by atoms with Crippen molar-refractivity contribution in [1.29, 1.82) is 0 Å². The highest BCUT2D eigenvalue weighted by Crippen LogP contribution is 2.24. The van der Waals surface area contributed by atoms with Crippen LogP contribution in [0.5, 0.6) is 0 Å². The van der Waals surface area contributed by atoms with E-state index in [-0.39, 0.29) is 5.54 Å². The van der Waals surface area contributed by atoms with Gasteiger partial charge in [-0.2, -0.15) is 0 Å². The normalized spacial score (nSPS) is 14.2. The zero-order valence-electron chi connectivity index (χ0n) is 11.4. The number of rotatable bonds is 3. The first-order valence-corrected chi connectivity index (χ1v) is 6.39. The third-order valence-electron chi connectivity index (χ3n) is 3.53. The van der Waals surface area contributed by atoms with Crippen LogP contribution in [0.4, 0.5) is 0 Å². The van der Waals surface area contributed by atoms with Gasteiger partial charge in [-0.3, -0.25) is 0 Å². The minimum absolute atomic E-state index is 0.320. The highest BCUT2D eigenvalue weighted by atomic mass is 14.7. The van der Waals surface area contributed by atoms with Crippen molar-refractivity contribution < 1.29 is 0 Å². The van der Waals surface area contributed by atoms with Crippen LogP contribution >= 0.6 is 0 Å². The molecule has 0 aliphatic heterocycles. The molecule has 2 aromatic carbocycles. The van der Waals surface area contributed by atoms with Crippen LogP contribution in [-0.4, -0.2) is 0 Å². The maximum Gasteiger partial charge on any atom is 0.0421 e. The Balaban J connectivity index is 2.27. The van der Waals surface area contributed by atoms with Gasteiger partial charge in [0.05, 0.1) is 0 Å². The fourth-order valence-electron chi connectivity index (χ4n) is 2.24. The first-order chi connectivity index (χ1) is 8.49. The molecule has 0 aliphatic rings. The maximum absolute atomic E-state index is 6.49. The highest BCUT2D eigenvalue weighted by molar-refractivity contribution is 5.32. The van der Waals surface area contributed by atoms with Gasteiger partial charge in [0.25, 0.3) is 0 Å². The van der Waals surface area contributed by atoms with E-state index < -0.39 is 0 Å². The molecule has 0 aliphatic carbocycles. The molecule has 0 radical (unpaired) electrons. The quantitative estimate of drug-likeness (QED) is 0.868. The summed E-state index contributed by atoms with van der Waals surface area (Å²) in [5.74, 6) is 0. The minimum atomic E-state index is -0.320. The largest absolute Gasteiger partial charge is 0.321 e. The smallest absolute Gasteiger partial charge is 0.0421 e. The summed E-state index contributed by atoms with van der Waals surface area (Å²) in [6.07, 6.45) is 0.864. The van der Waals surface area contributed by atoms with E-state index in [1.54, 1.807) is 0 Å². The van der Waals surface area contributed by atoms with Crippen LogP contribution in [0.3, 0.4) is 0 Å². The molecule has 1 unspecified atom stereocenters. The molecule has 0 amide bonds. The molecule has 1 heteroatoms. The summed E-state index contributed by atoms with van der Waals surface area (Å²) in [5, 5.41) is 0. The summed E-state index contributed by atoms with van der Waals surface area (Å²) in [6, 6.07) is 17.0. The lowest BCUT2D eigenvalue weighted by Gasteiger charge is -2.26. The van der Waals surface area contributed by atoms with E-state index in [4.69, 9.17) is 5.73 Å². The third-order valence-corrected chi connectivity index (χ3v) is 3.53. The van der Waals surface area contributed by atoms with Gasteiger partial charge in [0.1, 0.15) is 0 Å². The first-order valence-electron chi connectivity index (χ1n) is 6.39. The standard InChI is InChI=1S/C17H21N/c1-13-8-10-16(11-9-13)17(3,18)12-15-7-5-4-6-14(15)2/h4-11H,12,18H2,1-3H3. The van der Waals surface area contributed by atoms with Crippen LogP contribution in [0.25, 0.3) is 0 Å². The van der Waals surface area contributed by atoms with Crippen LogP contribution in [0.15, 0.2) is 48.5 Å². The zero-order valence-corrected chi connectivity index (χ0v) is 11.4. The van der Waals surface area contributed by atoms with E-state index >= 15 is 0 Å². The SMILES string of the molecule is Cc1ccc(C(C)(N)Cc2ccccc2C)cc1. The van der Waals surface area contributed by atoms with E-state index in [2.05, 4.69) is 69.3 Å². The maximum atomic E-state index is 6.49. The van der Waals surface area contributed by atoms with Crippen LogP contribution in [-0.2, 0) is 12.0 Å². The van der Waals surface area contributed by atoms with Crippen molar-refractivity contribution in [3.63, 3.8) is 0 Å². The van der Waals surface area contributed by atoms with Gasteiger partial charge >= 0.3 is 0 Å². The molecule has 1 nitrogen and oxygen atoms in total. The van der Waals surface area contributed by atoms with Crippen LogP contribution in [0.2, 0.25) is 0 Å². The van der Waals surface area contributed by atoms with Gasteiger partial charge in [-0.1, -0.05) is 54.1 Å². The Morgan fingerprint density at radius 2 is 1.56 bits per heavy atom. The van der Waals surface area contributed by atoms with E-state index in [1.165, 1.54) is 22.3 Å². The molecule has 0 bridgehead atoms. The second-order valence-corrected chi connectivity index (χ2v) is 5.39. The Labute approximate surface area is 110 Å². The zero-order chi connectivity index (χ0) is 13.2. The average molecular weight is 239 g/mol. The van der Waals surface area contributed by atoms with Crippen LogP contribution in [0, 0.1) is 13.8 Å². The molecule has 0 spiro atoms. The van der Waals surface area contributed by atoms with Crippen molar-refractivity contribution in [3.8, 4) is 0 Å². The van der Waals surface area contributed by atoms with Crippen LogP contribution in [0.1, 0.15) is 29.2 Å². The molecule has 1 atom stereocenters. The molecule has 0 aromatic heterocycles. The fraction of sp³-hybridized carbons (Fsp3) is 0.294. The predicted molar refractivity (Wildman–Crippen MR) is 77.6 cm³/mol. The molecular formula is C17H21N. The summed E-state index contributed by atoms with van der Waals surface area (Å²) < 4.78 is 0. The summed E-state index contributed by atoms with van der Waals surface area (Å²) in [6.45, 7) is 6.34. The lowest BCUT2D eigenvalue weighted by atomic mass is 9.85. The summed E-state index contributed by atoms with van der Waals surface area (Å²) >= 11 is 0. The molecule has 2 aromatic rings. The third kappa shape index (κ3) is 2.80. The highest BCUT2D eigenvalue weighted by Gasteiger charge is 2.22. The summed E-state index contributed by atoms with van der Waals surface area (Å²) in [4.78, 5) is 0. The number of benzene rings is 2. The molecular weight excluding hydrogens is 218 g/mol. The van der Waals surface area contributed by atoms with Gasteiger partial charge in [-0.05, 0) is 43.9 Å². The van der Waals surface area contributed by atoms with Gasteiger partial charge < -0.3 is 5.73 Å². The molecule has 0 saturated carbocycles. The van der Waals surface area contributed by atoms with Gasteiger partial charge in [-0.15, -0.1) is 0 Å². The van der Waals surface area contributed by atoms with Gasteiger partial charge in [0.15, 0.2) is 0 Å². The topological polar surface area (TPSA) is 26.0 Å².